The average Bonchev–Trinajstić information content (AvgIpc) is 2.36. The number of methoxy groups -OCH3 is 8. The van der Waals surface area contributed by atoms with Gasteiger partial charge in [0.1, 0.15) is 48.3 Å². The number of hydrogen-bond donors (Lipinski definition) is 8. The van der Waals surface area contributed by atoms with Crippen molar-refractivity contribution in [2.24, 2.45) is 0 Å². The Labute approximate surface area is 563 Å². The highest BCUT2D eigenvalue weighted by Gasteiger charge is 2.31. The molecule has 0 aliphatic carbocycles. The maximum absolute atomic E-state index is 13.0. The second kappa shape index (κ2) is 49.8. The Morgan fingerprint density at radius 2 is 0.326 bits per heavy atom. The van der Waals surface area contributed by atoms with E-state index in [1.165, 1.54) is 0 Å². The van der Waals surface area contributed by atoms with Crippen molar-refractivity contribution in [3.05, 3.63) is 0 Å². The van der Waals surface area contributed by atoms with Crippen LogP contribution in [0.1, 0.15) is 77.0 Å². The van der Waals surface area contributed by atoms with Crippen molar-refractivity contribution in [1.29, 1.82) is 0 Å². The van der Waals surface area contributed by atoms with Gasteiger partial charge in [0.25, 0.3) is 0 Å². The molecule has 92 heavy (non-hydrogen) atoms. The van der Waals surface area contributed by atoms with Gasteiger partial charge in [-0.3, -0.25) is 38.4 Å². The summed E-state index contributed by atoms with van der Waals surface area (Å²) in [4.78, 5) is 205. The van der Waals surface area contributed by atoms with Gasteiger partial charge in [0.05, 0.1) is 56.9 Å². The van der Waals surface area contributed by atoms with Crippen LogP contribution >= 0.6 is 86.4 Å². The number of carbonyl (C=O) groups excluding carboxylic acids is 16. The van der Waals surface area contributed by atoms with Gasteiger partial charge < -0.3 is 80.4 Å². The molecule has 1 heterocycles. The molecule has 1 rings (SSSR count). The third-order valence-corrected chi connectivity index (χ3v) is 21.7. The fourth-order valence-corrected chi connectivity index (χ4v) is 16.4. The minimum Gasteiger partial charge on any atom is -0.467 e. The van der Waals surface area contributed by atoms with Crippen LogP contribution in [0.4, 0.5) is 0 Å². The van der Waals surface area contributed by atoms with Gasteiger partial charge in [-0.2, -0.15) is 0 Å². The Morgan fingerprint density at radius 3 is 0.413 bits per heavy atom. The first-order valence-electron chi connectivity index (χ1n) is 27.9. The van der Waals surface area contributed by atoms with Crippen molar-refractivity contribution in [2.45, 2.75) is 125 Å². The molecule has 0 spiro atoms. The SMILES string of the molecule is COC(=O)C1CSSC[C@@H](C(=O)OC)NC(=O)CCCC(=O)NC(C(=O)OC)CSSC[C@@H](C(=O)OC)NC(=O)CCCC(=O)N[C@H](C(=O)OC)CSSCC(C(=O)OC)NC(=O)CCCC(=O)N[C@H](C(=O)OC)CSSCC(C(=O)OC)NC(=O)CCCC(=O)N1. The smallest absolute Gasteiger partial charge is 0.329 e. The molecule has 0 aromatic carbocycles. The van der Waals surface area contributed by atoms with E-state index in [2.05, 4.69) is 42.5 Å². The van der Waals surface area contributed by atoms with E-state index < -0.39 is 143 Å². The fraction of sp³-hybridized carbons (Fsp3) is 0.692. The molecular formula is C52H80N8O24S8. The van der Waals surface area contributed by atoms with Crippen LogP contribution in [0, 0.1) is 0 Å². The summed E-state index contributed by atoms with van der Waals surface area (Å²) in [5.41, 5.74) is 0. The predicted octanol–water partition coefficient (Wildman–Crippen LogP) is -0.531. The lowest BCUT2D eigenvalue weighted by molar-refractivity contribution is -0.145. The molecule has 1 fully saturated rings. The number of carbonyl (C=O) groups is 16. The van der Waals surface area contributed by atoms with Crippen LogP contribution in [0.5, 0.6) is 0 Å². The van der Waals surface area contributed by atoms with Gasteiger partial charge in [0, 0.05) is 97.4 Å². The summed E-state index contributed by atoms with van der Waals surface area (Å²) in [7, 11) is 17.3. The van der Waals surface area contributed by atoms with Crippen molar-refractivity contribution in [3.63, 3.8) is 0 Å². The van der Waals surface area contributed by atoms with E-state index in [9.17, 15) is 76.7 Å². The minimum absolute atomic E-state index is 0.0195. The maximum Gasteiger partial charge on any atom is 0.329 e. The molecule has 0 aromatic rings. The number of esters is 8. The predicted molar refractivity (Wildman–Crippen MR) is 347 cm³/mol. The Hall–Kier alpha value is -5.68. The first-order valence-corrected chi connectivity index (χ1v) is 37.8. The molecule has 0 saturated carbocycles. The van der Waals surface area contributed by atoms with Crippen LogP contribution in [0.2, 0.25) is 0 Å². The molecule has 1 aliphatic heterocycles. The lowest BCUT2D eigenvalue weighted by Crippen LogP contribution is -2.45. The quantitative estimate of drug-likeness (QED) is 0.0860. The van der Waals surface area contributed by atoms with Gasteiger partial charge in [0.2, 0.25) is 47.3 Å². The zero-order valence-corrected chi connectivity index (χ0v) is 58.4. The van der Waals surface area contributed by atoms with Crippen molar-refractivity contribution in [2.75, 3.05) is 103 Å². The minimum atomic E-state index is -1.18. The van der Waals surface area contributed by atoms with E-state index >= 15 is 0 Å². The zero-order valence-electron chi connectivity index (χ0n) is 51.8. The third-order valence-electron chi connectivity index (χ3n) is 12.0. The average molecular weight is 1460 g/mol. The van der Waals surface area contributed by atoms with E-state index in [4.69, 9.17) is 37.9 Å². The first kappa shape index (κ1) is 84.3. The van der Waals surface area contributed by atoms with Crippen LogP contribution < -0.4 is 42.5 Å². The van der Waals surface area contributed by atoms with Crippen LogP contribution in [0.15, 0.2) is 0 Å². The summed E-state index contributed by atoms with van der Waals surface area (Å²) in [6.45, 7) is 0. The van der Waals surface area contributed by atoms with E-state index in [1.54, 1.807) is 0 Å². The summed E-state index contributed by atoms with van der Waals surface area (Å²) < 4.78 is 38.8. The standard InChI is InChI=1S/C52H80N8O24S8/c1-77-45(69)29-21-85-86-22-30(46(70)78-2)54-39(63)15-10-16-40(64)56-33(49(73)81-5)25-89-90-26-34(50(74)82-6)58-43(67)19-12-20-44(68)60-36(52(76)84-8)28-92-91-27-35(51(75)83-7)59-42(66)18-11-17-41(65)57-32(48(72)80-4)24-88-87-23-31(47(71)79-3)55-38(62)14-9-13-37(61)53-29/h29-36H,9-28H2,1-8H3,(H,53,61)(H,54,63)(H,55,62)(H,56,64)(H,57,65)(H,58,67)(H,59,66)(H,60,68)/t29-,30?,31-,32?,33-,34?,35-,36?/m0/s1. The molecule has 8 amide bonds. The van der Waals surface area contributed by atoms with Gasteiger partial charge in [-0.15, -0.1) is 0 Å². The summed E-state index contributed by atoms with van der Waals surface area (Å²) in [5.74, 6) is -11.9. The third kappa shape index (κ3) is 36.7. The van der Waals surface area contributed by atoms with E-state index in [0.717, 1.165) is 143 Å². The van der Waals surface area contributed by atoms with Crippen LogP contribution in [-0.2, 0) is 115 Å². The van der Waals surface area contributed by atoms with Crippen molar-refractivity contribution in [1.82, 2.24) is 42.5 Å². The summed E-state index contributed by atoms with van der Waals surface area (Å²) in [6.07, 6.45) is -1.92. The normalized spacial score (nSPS) is 24.1. The number of ether oxygens (including phenoxy) is 8. The van der Waals surface area contributed by atoms with Crippen molar-refractivity contribution in [3.8, 4) is 0 Å². The molecule has 8 atom stereocenters. The molecule has 520 valence electrons. The largest absolute Gasteiger partial charge is 0.467 e. The van der Waals surface area contributed by atoms with E-state index in [1.807, 2.05) is 0 Å². The van der Waals surface area contributed by atoms with Gasteiger partial charge in [-0.1, -0.05) is 86.4 Å². The van der Waals surface area contributed by atoms with Gasteiger partial charge in [-0.05, 0) is 25.7 Å². The molecule has 8 N–H and O–H groups in total. The first-order chi connectivity index (χ1) is 43.9. The number of rotatable bonds is 8. The Balaban J connectivity index is 3.25. The molecule has 1 saturated heterocycles. The molecule has 40 heteroatoms. The molecular weight excluding hydrogens is 1380 g/mol. The Bertz CT molecular complexity index is 2010. The molecule has 0 bridgehead atoms. The van der Waals surface area contributed by atoms with Crippen molar-refractivity contribution >= 4 is 181 Å². The lowest BCUT2D eigenvalue weighted by atomic mass is 10.2. The van der Waals surface area contributed by atoms with Crippen LogP contribution in [-0.4, -0.2) is 246 Å². The molecule has 0 radical (unpaired) electrons. The number of amides is 8. The monoisotopic (exact) mass is 1460 g/mol. The van der Waals surface area contributed by atoms with Gasteiger partial charge in [0.15, 0.2) is 0 Å². The van der Waals surface area contributed by atoms with Crippen LogP contribution in [0.25, 0.3) is 0 Å². The Morgan fingerprint density at radius 1 is 0.228 bits per heavy atom. The molecule has 32 nitrogen and oxygen atoms in total. The second-order valence-electron chi connectivity index (χ2n) is 18.8. The van der Waals surface area contributed by atoms with E-state index in [0.29, 0.717) is 0 Å². The van der Waals surface area contributed by atoms with Gasteiger partial charge in [-0.25, -0.2) is 38.4 Å². The highest BCUT2D eigenvalue weighted by atomic mass is 33.1. The summed E-state index contributed by atoms with van der Waals surface area (Å²) >= 11 is 0. The molecule has 1 aliphatic rings. The van der Waals surface area contributed by atoms with Crippen LogP contribution in [0.3, 0.4) is 0 Å². The molecule has 0 aromatic heterocycles. The Kier molecular flexibility index (Phi) is 45.7. The highest BCUT2D eigenvalue weighted by Crippen LogP contribution is 2.27. The summed E-state index contributed by atoms with van der Waals surface area (Å²) in [6, 6.07) is -9.40. The van der Waals surface area contributed by atoms with Gasteiger partial charge >= 0.3 is 47.8 Å². The number of hydrogen-bond acceptors (Lipinski definition) is 32. The zero-order chi connectivity index (χ0) is 69.0. The van der Waals surface area contributed by atoms with Crippen molar-refractivity contribution < 1.29 is 115 Å². The second-order valence-corrected chi connectivity index (χ2v) is 29.0. The fourth-order valence-electron chi connectivity index (χ4n) is 7.19. The lowest BCUT2D eigenvalue weighted by Gasteiger charge is -2.19. The topological polar surface area (TPSA) is 443 Å². The van der Waals surface area contributed by atoms with E-state index in [-0.39, 0.29) is 123 Å². The summed E-state index contributed by atoms with van der Waals surface area (Å²) in [5, 5.41) is 20.3. The molecule has 4 unspecified atom stereocenters. The highest BCUT2D eigenvalue weighted by molar-refractivity contribution is 8.77. The number of nitrogens with one attached hydrogen (secondary N) is 8. The maximum atomic E-state index is 13.0.